The molecule has 0 aliphatic heterocycles. The van der Waals surface area contributed by atoms with E-state index in [2.05, 4.69) is 5.32 Å². The number of nitrogens with zero attached hydrogens (tertiary/aromatic N) is 1. The monoisotopic (exact) mass is 124 g/mol. The van der Waals surface area contributed by atoms with Gasteiger partial charge in [-0.1, -0.05) is 6.42 Å². The van der Waals surface area contributed by atoms with Crippen molar-refractivity contribution in [2.75, 3.05) is 6.54 Å². The van der Waals surface area contributed by atoms with Crippen molar-refractivity contribution in [3.05, 3.63) is 0 Å². The molecule has 2 rings (SSSR count). The number of hydrogen-bond donors (Lipinski definition) is 0. The van der Waals surface area contributed by atoms with Crippen LogP contribution in [0.2, 0.25) is 0 Å². The zero-order valence-electron chi connectivity index (χ0n) is 5.84. The average Bonchev–Trinajstić information content (AvgIpc) is 2.44. The first-order valence-electron chi connectivity index (χ1n) is 4.12. The van der Waals surface area contributed by atoms with Gasteiger partial charge < -0.3 is 0 Å². The van der Waals surface area contributed by atoms with E-state index in [1.807, 2.05) is 0 Å². The van der Waals surface area contributed by atoms with Gasteiger partial charge in [0.2, 0.25) is 0 Å². The lowest BCUT2D eigenvalue weighted by atomic mass is 9.93. The molecule has 0 heterocycles. The molecular weight excluding hydrogens is 110 g/mol. The Balaban J connectivity index is 1.55. The van der Waals surface area contributed by atoms with Gasteiger partial charge in [-0.25, -0.2) is 5.32 Å². The van der Waals surface area contributed by atoms with Crippen molar-refractivity contribution in [1.82, 2.24) is 5.32 Å². The van der Waals surface area contributed by atoms with Gasteiger partial charge in [-0.3, -0.25) is 0 Å². The Hall–Kier alpha value is -0.0400. The molecule has 2 fully saturated rings. The number of hydrogen-bond acceptors (Lipinski definition) is 0. The Morgan fingerprint density at radius 2 is 1.89 bits per heavy atom. The van der Waals surface area contributed by atoms with Crippen molar-refractivity contribution in [1.29, 1.82) is 0 Å². The van der Waals surface area contributed by atoms with Crippen LogP contribution < -0.4 is 5.32 Å². The summed E-state index contributed by atoms with van der Waals surface area (Å²) in [5.74, 6) is 1.01. The highest BCUT2D eigenvalue weighted by Gasteiger charge is 2.25. The Kier molecular flexibility index (Phi) is 1.46. The zero-order valence-corrected chi connectivity index (χ0v) is 5.84. The smallest absolute Gasteiger partial charge is 0.0246 e. The fraction of sp³-hybridized carbons (Fsp3) is 1.00. The molecular formula is C8H14N. The summed E-state index contributed by atoms with van der Waals surface area (Å²) in [6.07, 6.45) is 7.10. The predicted octanol–water partition coefficient (Wildman–Crippen LogP) is 1.55. The minimum Gasteiger partial charge on any atom is -0.238 e. The highest BCUT2D eigenvalue weighted by Crippen LogP contribution is 2.29. The Labute approximate surface area is 56.8 Å². The van der Waals surface area contributed by atoms with E-state index < -0.39 is 0 Å². The first-order valence-corrected chi connectivity index (χ1v) is 4.12. The van der Waals surface area contributed by atoms with Gasteiger partial charge in [0.25, 0.3) is 0 Å². The summed E-state index contributed by atoms with van der Waals surface area (Å²) in [4.78, 5) is 0. The molecule has 51 valence electrons. The van der Waals surface area contributed by atoms with Crippen LogP contribution in [0.15, 0.2) is 0 Å². The molecule has 2 saturated carbocycles. The second-order valence-electron chi connectivity index (χ2n) is 3.39. The predicted molar refractivity (Wildman–Crippen MR) is 37.4 cm³/mol. The van der Waals surface area contributed by atoms with Crippen molar-refractivity contribution in [2.24, 2.45) is 5.92 Å². The van der Waals surface area contributed by atoms with Crippen LogP contribution in [-0.2, 0) is 0 Å². The highest BCUT2D eigenvalue weighted by atomic mass is 14.9. The summed E-state index contributed by atoms with van der Waals surface area (Å²) >= 11 is 0. The standard InChI is InChI=1S/C8H14N/c1-2-8(3-1)9-6-7-4-5-7/h7-8H,1-6H2. The van der Waals surface area contributed by atoms with Gasteiger partial charge in [0.05, 0.1) is 0 Å². The van der Waals surface area contributed by atoms with Crippen molar-refractivity contribution in [3.63, 3.8) is 0 Å². The fourth-order valence-corrected chi connectivity index (χ4v) is 1.17. The van der Waals surface area contributed by atoms with Gasteiger partial charge >= 0.3 is 0 Å². The zero-order chi connectivity index (χ0) is 6.10. The van der Waals surface area contributed by atoms with E-state index >= 15 is 0 Å². The molecule has 0 aromatic carbocycles. The van der Waals surface area contributed by atoms with Gasteiger partial charge in [-0.05, 0) is 31.6 Å². The van der Waals surface area contributed by atoms with E-state index in [0.29, 0.717) is 0 Å². The highest BCUT2D eigenvalue weighted by molar-refractivity contribution is 4.81. The molecule has 0 atom stereocenters. The Morgan fingerprint density at radius 1 is 1.11 bits per heavy atom. The lowest BCUT2D eigenvalue weighted by Gasteiger charge is -2.24. The second-order valence-corrected chi connectivity index (χ2v) is 3.39. The minimum atomic E-state index is 0.783. The lowest BCUT2D eigenvalue weighted by molar-refractivity contribution is 0.329. The maximum Gasteiger partial charge on any atom is 0.0246 e. The van der Waals surface area contributed by atoms with Crippen molar-refractivity contribution in [2.45, 2.75) is 38.1 Å². The molecule has 1 nitrogen and oxygen atoms in total. The van der Waals surface area contributed by atoms with E-state index in [1.54, 1.807) is 0 Å². The third kappa shape index (κ3) is 1.45. The topological polar surface area (TPSA) is 14.1 Å². The summed E-state index contributed by atoms with van der Waals surface area (Å²) in [6.45, 7) is 1.19. The van der Waals surface area contributed by atoms with Gasteiger partial charge in [0.15, 0.2) is 0 Å². The number of rotatable bonds is 3. The van der Waals surface area contributed by atoms with Gasteiger partial charge in [-0.2, -0.15) is 0 Å². The van der Waals surface area contributed by atoms with Crippen LogP contribution in [0.25, 0.3) is 0 Å². The minimum absolute atomic E-state index is 0.783. The van der Waals surface area contributed by atoms with Crippen LogP contribution in [0.1, 0.15) is 32.1 Å². The quantitative estimate of drug-likeness (QED) is 0.542. The van der Waals surface area contributed by atoms with Crippen LogP contribution in [0.3, 0.4) is 0 Å². The van der Waals surface area contributed by atoms with E-state index in [4.69, 9.17) is 0 Å². The molecule has 2 aliphatic carbocycles. The lowest BCUT2D eigenvalue weighted by Crippen LogP contribution is -2.30. The first kappa shape index (κ1) is 5.72. The van der Waals surface area contributed by atoms with Crippen LogP contribution in [0.5, 0.6) is 0 Å². The third-order valence-electron chi connectivity index (χ3n) is 2.39. The summed E-state index contributed by atoms with van der Waals surface area (Å²) in [5.41, 5.74) is 0. The molecule has 0 spiro atoms. The molecule has 0 aromatic rings. The van der Waals surface area contributed by atoms with Crippen molar-refractivity contribution >= 4 is 0 Å². The molecule has 9 heavy (non-hydrogen) atoms. The van der Waals surface area contributed by atoms with Crippen LogP contribution in [-0.4, -0.2) is 12.6 Å². The van der Waals surface area contributed by atoms with Gasteiger partial charge in [0, 0.05) is 12.6 Å². The molecule has 2 aliphatic rings. The molecule has 0 bridgehead atoms. The maximum absolute atomic E-state index is 4.59. The fourth-order valence-electron chi connectivity index (χ4n) is 1.17. The van der Waals surface area contributed by atoms with E-state index in [1.165, 1.54) is 38.6 Å². The SMILES string of the molecule is C1CC([N]CC2CC2)C1. The van der Waals surface area contributed by atoms with Crippen LogP contribution in [0, 0.1) is 5.92 Å². The Morgan fingerprint density at radius 3 is 2.33 bits per heavy atom. The summed E-state index contributed by atoms with van der Waals surface area (Å²) < 4.78 is 0. The van der Waals surface area contributed by atoms with Crippen LogP contribution in [0.4, 0.5) is 0 Å². The largest absolute Gasteiger partial charge is 0.238 e. The average molecular weight is 124 g/mol. The van der Waals surface area contributed by atoms with E-state index in [0.717, 1.165) is 12.0 Å². The van der Waals surface area contributed by atoms with E-state index in [9.17, 15) is 0 Å². The third-order valence-corrected chi connectivity index (χ3v) is 2.39. The molecule has 1 heteroatoms. The first-order chi connectivity index (χ1) is 4.45. The molecule has 0 amide bonds. The molecule has 0 N–H and O–H groups in total. The van der Waals surface area contributed by atoms with Crippen molar-refractivity contribution in [3.8, 4) is 0 Å². The van der Waals surface area contributed by atoms with Crippen LogP contribution >= 0.6 is 0 Å². The van der Waals surface area contributed by atoms with Gasteiger partial charge in [0.1, 0.15) is 0 Å². The summed E-state index contributed by atoms with van der Waals surface area (Å²) in [7, 11) is 0. The molecule has 0 aromatic heterocycles. The van der Waals surface area contributed by atoms with Gasteiger partial charge in [-0.15, -0.1) is 0 Å². The summed E-state index contributed by atoms with van der Waals surface area (Å²) in [6, 6.07) is 0.783. The second kappa shape index (κ2) is 2.30. The van der Waals surface area contributed by atoms with E-state index in [-0.39, 0.29) is 0 Å². The maximum atomic E-state index is 4.59. The molecule has 0 saturated heterocycles. The molecule has 1 radical (unpaired) electrons. The molecule has 0 unspecified atom stereocenters. The van der Waals surface area contributed by atoms with Crippen molar-refractivity contribution < 1.29 is 0 Å². The Bertz CT molecular complexity index is 92.7. The summed E-state index contributed by atoms with van der Waals surface area (Å²) in [5, 5.41) is 4.59. The normalized spacial score (nSPS) is 28.0.